The average molecular weight is 363 g/mol. The molecule has 2 atom stereocenters. The zero-order valence-corrected chi connectivity index (χ0v) is 15.6. The molecule has 134 valence electrons. The van der Waals surface area contributed by atoms with Crippen LogP contribution in [-0.2, 0) is 9.59 Å². The number of carbonyl (C=O) groups excluding carboxylic acids is 3. The second kappa shape index (κ2) is 8.04. The van der Waals surface area contributed by atoms with E-state index in [9.17, 15) is 24.9 Å². The van der Waals surface area contributed by atoms with Crippen molar-refractivity contribution in [3.63, 3.8) is 0 Å². The first kappa shape index (κ1) is 20.5. The highest BCUT2D eigenvalue weighted by Crippen LogP contribution is 2.42. The highest BCUT2D eigenvalue weighted by molar-refractivity contribution is 8.04. The van der Waals surface area contributed by atoms with Gasteiger partial charge in [0.05, 0.1) is 28.0 Å². The standard InChI is InChI=1S/C16H21N5O3S/c1-8(2)19-15(24)21-12(22)9(3)25-14-11(7-18)16(4,5)10(6-17)13(23)20-14/h8-10H,1-5H3,(H,20,23)(H2,19,21,22,24)/t9-,10+/m1/s1. The summed E-state index contributed by atoms with van der Waals surface area (Å²) in [5.74, 6) is -2.06. The van der Waals surface area contributed by atoms with Crippen LogP contribution in [0.5, 0.6) is 0 Å². The van der Waals surface area contributed by atoms with Crippen molar-refractivity contribution >= 4 is 29.6 Å². The van der Waals surface area contributed by atoms with E-state index in [4.69, 9.17) is 0 Å². The number of imide groups is 1. The summed E-state index contributed by atoms with van der Waals surface area (Å²) in [6.07, 6.45) is 0. The lowest BCUT2D eigenvalue weighted by molar-refractivity contribution is -0.125. The van der Waals surface area contributed by atoms with E-state index in [-0.39, 0.29) is 16.6 Å². The third-order valence-electron chi connectivity index (χ3n) is 3.65. The first-order valence-corrected chi connectivity index (χ1v) is 8.55. The van der Waals surface area contributed by atoms with Crippen LogP contribution in [0.15, 0.2) is 10.6 Å². The Morgan fingerprint density at radius 1 is 1.28 bits per heavy atom. The number of nitriles is 2. The summed E-state index contributed by atoms with van der Waals surface area (Å²) in [6, 6.07) is 3.20. The van der Waals surface area contributed by atoms with Gasteiger partial charge in [0, 0.05) is 11.5 Å². The third kappa shape index (κ3) is 4.74. The van der Waals surface area contributed by atoms with Crippen molar-refractivity contribution in [2.24, 2.45) is 11.3 Å². The Kier molecular flexibility index (Phi) is 6.60. The van der Waals surface area contributed by atoms with Crippen LogP contribution in [0.1, 0.15) is 34.6 Å². The second-order valence-electron chi connectivity index (χ2n) is 6.47. The fourth-order valence-corrected chi connectivity index (χ4v) is 3.36. The van der Waals surface area contributed by atoms with Gasteiger partial charge in [0.25, 0.3) is 0 Å². The minimum atomic E-state index is -0.993. The molecule has 1 heterocycles. The van der Waals surface area contributed by atoms with Crippen LogP contribution in [-0.4, -0.2) is 29.1 Å². The van der Waals surface area contributed by atoms with Crippen molar-refractivity contribution in [2.75, 3.05) is 0 Å². The minimum absolute atomic E-state index is 0.120. The monoisotopic (exact) mass is 363 g/mol. The molecule has 0 fully saturated rings. The zero-order valence-electron chi connectivity index (χ0n) is 14.8. The number of nitrogens with one attached hydrogen (secondary N) is 3. The Labute approximate surface area is 151 Å². The summed E-state index contributed by atoms with van der Waals surface area (Å²) in [4.78, 5) is 35.8. The lowest BCUT2D eigenvalue weighted by Gasteiger charge is -2.35. The summed E-state index contributed by atoms with van der Waals surface area (Å²) < 4.78 is 0. The van der Waals surface area contributed by atoms with Gasteiger partial charge in [-0.2, -0.15) is 10.5 Å². The molecule has 8 nitrogen and oxygen atoms in total. The van der Waals surface area contributed by atoms with Crippen LogP contribution in [0.4, 0.5) is 4.79 Å². The SMILES string of the molecule is CC(C)NC(=O)NC(=O)[C@@H](C)SC1=C(C#N)C(C)(C)[C@@H](C#N)C(=O)N1. The summed E-state index contributed by atoms with van der Waals surface area (Å²) >= 11 is 0.964. The fourth-order valence-electron chi connectivity index (χ4n) is 2.26. The van der Waals surface area contributed by atoms with Crippen LogP contribution in [0.25, 0.3) is 0 Å². The first-order chi connectivity index (χ1) is 11.5. The number of hydrogen-bond acceptors (Lipinski definition) is 6. The van der Waals surface area contributed by atoms with E-state index in [1.54, 1.807) is 34.6 Å². The second-order valence-corrected chi connectivity index (χ2v) is 7.82. The normalized spacial score (nSPS) is 20.2. The Morgan fingerprint density at radius 3 is 2.36 bits per heavy atom. The van der Waals surface area contributed by atoms with Crippen molar-refractivity contribution in [1.29, 1.82) is 10.5 Å². The number of carbonyl (C=O) groups is 3. The molecule has 1 aliphatic heterocycles. The Morgan fingerprint density at radius 2 is 1.88 bits per heavy atom. The minimum Gasteiger partial charge on any atom is -0.336 e. The predicted molar refractivity (Wildman–Crippen MR) is 92.5 cm³/mol. The molecular formula is C16H21N5O3S. The third-order valence-corrected chi connectivity index (χ3v) is 4.76. The van der Waals surface area contributed by atoms with Gasteiger partial charge in [-0.1, -0.05) is 25.6 Å². The number of thioether (sulfide) groups is 1. The van der Waals surface area contributed by atoms with Gasteiger partial charge < -0.3 is 10.6 Å². The zero-order chi connectivity index (χ0) is 19.4. The molecule has 0 unspecified atom stereocenters. The summed E-state index contributed by atoms with van der Waals surface area (Å²) in [5, 5.41) is 25.4. The maximum Gasteiger partial charge on any atom is 0.321 e. The Hall–Kier alpha value is -2.52. The molecule has 1 aliphatic rings. The molecule has 0 aliphatic carbocycles. The summed E-state index contributed by atoms with van der Waals surface area (Å²) in [5.41, 5.74) is -0.741. The first-order valence-electron chi connectivity index (χ1n) is 7.67. The molecule has 0 aromatic rings. The van der Waals surface area contributed by atoms with Gasteiger partial charge in [0.2, 0.25) is 11.8 Å². The molecule has 4 amide bonds. The molecular weight excluding hydrogens is 342 g/mol. The van der Waals surface area contributed by atoms with Gasteiger partial charge in [-0.05, 0) is 20.8 Å². The summed E-state index contributed by atoms with van der Waals surface area (Å²) in [7, 11) is 0. The van der Waals surface area contributed by atoms with Crippen LogP contribution >= 0.6 is 11.8 Å². The molecule has 0 saturated heterocycles. The molecule has 0 aromatic heterocycles. The lowest BCUT2D eigenvalue weighted by atomic mass is 9.72. The number of allylic oxidation sites excluding steroid dienone is 1. The molecule has 9 heteroatoms. The van der Waals surface area contributed by atoms with E-state index >= 15 is 0 Å². The van der Waals surface area contributed by atoms with E-state index < -0.39 is 34.4 Å². The van der Waals surface area contributed by atoms with Crippen molar-refractivity contribution in [2.45, 2.75) is 45.9 Å². The molecule has 3 N–H and O–H groups in total. The van der Waals surface area contributed by atoms with Crippen molar-refractivity contribution in [3.8, 4) is 12.1 Å². The van der Waals surface area contributed by atoms with E-state index in [2.05, 4.69) is 16.0 Å². The van der Waals surface area contributed by atoms with Gasteiger partial charge in [0.1, 0.15) is 5.92 Å². The number of hydrogen-bond donors (Lipinski definition) is 3. The quantitative estimate of drug-likeness (QED) is 0.690. The van der Waals surface area contributed by atoms with Gasteiger partial charge >= 0.3 is 6.03 Å². The number of rotatable bonds is 4. The number of amides is 4. The molecule has 1 rings (SSSR count). The van der Waals surface area contributed by atoms with Crippen LogP contribution in [0, 0.1) is 34.0 Å². The van der Waals surface area contributed by atoms with Crippen LogP contribution < -0.4 is 16.0 Å². The molecule has 25 heavy (non-hydrogen) atoms. The van der Waals surface area contributed by atoms with E-state index in [1.165, 1.54) is 0 Å². The number of urea groups is 1. The Balaban J connectivity index is 2.96. The maximum atomic E-state index is 12.1. The van der Waals surface area contributed by atoms with Gasteiger partial charge in [-0.3, -0.25) is 14.9 Å². The fraction of sp³-hybridized carbons (Fsp3) is 0.562. The van der Waals surface area contributed by atoms with Gasteiger partial charge in [-0.25, -0.2) is 4.79 Å². The lowest BCUT2D eigenvalue weighted by Crippen LogP contribution is -2.47. The molecule has 0 radical (unpaired) electrons. The van der Waals surface area contributed by atoms with Crippen molar-refractivity contribution < 1.29 is 14.4 Å². The maximum absolute atomic E-state index is 12.1. The highest BCUT2D eigenvalue weighted by Gasteiger charge is 2.45. The van der Waals surface area contributed by atoms with Crippen molar-refractivity contribution in [3.05, 3.63) is 10.6 Å². The van der Waals surface area contributed by atoms with E-state index in [0.29, 0.717) is 0 Å². The van der Waals surface area contributed by atoms with E-state index in [1.807, 2.05) is 12.1 Å². The van der Waals surface area contributed by atoms with Gasteiger partial charge in [0.15, 0.2) is 0 Å². The Bertz CT molecular complexity index is 700. The van der Waals surface area contributed by atoms with Gasteiger partial charge in [-0.15, -0.1) is 0 Å². The largest absolute Gasteiger partial charge is 0.336 e. The average Bonchev–Trinajstić information content (AvgIpc) is 2.45. The molecule has 0 bridgehead atoms. The smallest absolute Gasteiger partial charge is 0.321 e. The van der Waals surface area contributed by atoms with Crippen LogP contribution in [0.2, 0.25) is 0 Å². The summed E-state index contributed by atoms with van der Waals surface area (Å²) in [6.45, 7) is 8.36. The van der Waals surface area contributed by atoms with Crippen LogP contribution in [0.3, 0.4) is 0 Å². The van der Waals surface area contributed by atoms with E-state index in [0.717, 1.165) is 11.8 Å². The number of nitrogens with zero attached hydrogens (tertiary/aromatic N) is 2. The molecule has 0 aromatic carbocycles. The topological polar surface area (TPSA) is 135 Å². The highest BCUT2D eigenvalue weighted by atomic mass is 32.2. The predicted octanol–water partition coefficient (Wildman–Crippen LogP) is 1.37. The molecule has 0 spiro atoms. The molecule has 0 saturated carbocycles. The van der Waals surface area contributed by atoms with Crippen molar-refractivity contribution in [1.82, 2.24) is 16.0 Å².